The van der Waals surface area contributed by atoms with Gasteiger partial charge in [-0.2, -0.15) is 4.31 Å². The maximum absolute atomic E-state index is 13.8. The summed E-state index contributed by atoms with van der Waals surface area (Å²) < 4.78 is 41.1. The van der Waals surface area contributed by atoms with Gasteiger partial charge in [-0.1, -0.05) is 37.6 Å². The number of anilines is 1. The Hall–Kier alpha value is -2.29. The van der Waals surface area contributed by atoms with E-state index in [9.17, 15) is 17.6 Å². The first-order chi connectivity index (χ1) is 14.3. The number of para-hydroxylation sites is 1. The molecule has 8 heteroatoms. The summed E-state index contributed by atoms with van der Waals surface area (Å²) in [6, 6.07) is 12.6. The van der Waals surface area contributed by atoms with Crippen LogP contribution in [-0.4, -0.2) is 55.8 Å². The Bertz CT molecular complexity index is 971. The summed E-state index contributed by atoms with van der Waals surface area (Å²) in [6.45, 7) is 5.29. The van der Waals surface area contributed by atoms with Crippen LogP contribution in [0, 0.1) is 5.82 Å². The van der Waals surface area contributed by atoms with E-state index >= 15 is 0 Å². The van der Waals surface area contributed by atoms with Gasteiger partial charge in [-0.15, -0.1) is 0 Å². The van der Waals surface area contributed by atoms with Crippen LogP contribution in [0.1, 0.15) is 25.8 Å². The van der Waals surface area contributed by atoms with Crippen molar-refractivity contribution in [1.29, 1.82) is 0 Å². The van der Waals surface area contributed by atoms with Crippen molar-refractivity contribution < 1.29 is 17.6 Å². The highest BCUT2D eigenvalue weighted by molar-refractivity contribution is 7.89. The quantitative estimate of drug-likeness (QED) is 0.729. The zero-order valence-electron chi connectivity index (χ0n) is 17.3. The van der Waals surface area contributed by atoms with E-state index in [4.69, 9.17) is 0 Å². The average Bonchev–Trinajstić information content (AvgIpc) is 2.75. The Labute approximate surface area is 177 Å². The van der Waals surface area contributed by atoms with Gasteiger partial charge in [-0.3, -0.25) is 9.69 Å². The molecule has 1 amide bonds. The third kappa shape index (κ3) is 5.06. The third-order valence-corrected chi connectivity index (χ3v) is 7.34. The molecule has 3 rings (SSSR count). The molecular formula is C22H28FN3O3S. The molecule has 0 aliphatic carbocycles. The van der Waals surface area contributed by atoms with Crippen molar-refractivity contribution in [2.45, 2.75) is 37.6 Å². The molecule has 0 aromatic heterocycles. The zero-order valence-corrected chi connectivity index (χ0v) is 18.2. The van der Waals surface area contributed by atoms with Crippen LogP contribution in [0.15, 0.2) is 53.4 Å². The number of nitrogens with one attached hydrogen (secondary N) is 1. The van der Waals surface area contributed by atoms with Crippen LogP contribution in [0.4, 0.5) is 10.1 Å². The molecule has 162 valence electrons. The Balaban J connectivity index is 1.59. The van der Waals surface area contributed by atoms with Crippen molar-refractivity contribution in [3.63, 3.8) is 0 Å². The van der Waals surface area contributed by atoms with Crippen molar-refractivity contribution in [3.05, 3.63) is 59.9 Å². The summed E-state index contributed by atoms with van der Waals surface area (Å²) in [4.78, 5) is 14.7. The molecule has 0 bridgehead atoms. The number of hydrogen-bond acceptors (Lipinski definition) is 4. The molecule has 0 spiro atoms. The van der Waals surface area contributed by atoms with Gasteiger partial charge in [0.15, 0.2) is 0 Å². The molecule has 1 heterocycles. The summed E-state index contributed by atoms with van der Waals surface area (Å²) in [5.74, 6) is -0.804. The molecule has 1 aliphatic rings. The van der Waals surface area contributed by atoms with Crippen molar-refractivity contribution >= 4 is 21.6 Å². The number of hydrogen-bond donors (Lipinski definition) is 1. The van der Waals surface area contributed by atoms with Crippen LogP contribution in [-0.2, 0) is 21.2 Å². The van der Waals surface area contributed by atoms with Gasteiger partial charge in [0.05, 0.1) is 16.6 Å². The SMILES string of the molecule is CCCc1ccc(S(=O)(=O)N2CCN(C(C)C(=O)Nc3ccccc3F)CC2)cc1. The summed E-state index contributed by atoms with van der Waals surface area (Å²) in [6.07, 6.45) is 1.93. The summed E-state index contributed by atoms with van der Waals surface area (Å²) >= 11 is 0. The van der Waals surface area contributed by atoms with Gasteiger partial charge in [0.1, 0.15) is 5.82 Å². The van der Waals surface area contributed by atoms with Crippen LogP contribution < -0.4 is 5.32 Å². The number of amides is 1. The van der Waals surface area contributed by atoms with E-state index in [1.165, 1.54) is 16.4 Å². The van der Waals surface area contributed by atoms with Crippen molar-refractivity contribution in [3.8, 4) is 0 Å². The molecule has 0 saturated carbocycles. The van der Waals surface area contributed by atoms with Crippen LogP contribution in [0.25, 0.3) is 0 Å². The molecule has 1 unspecified atom stereocenters. The molecule has 2 aromatic carbocycles. The number of benzene rings is 2. The standard InChI is InChI=1S/C22H28FN3O3S/c1-3-6-18-9-11-19(12-10-18)30(28,29)26-15-13-25(14-16-26)17(2)22(27)24-21-8-5-4-7-20(21)23/h4-5,7-12,17H,3,6,13-16H2,1-2H3,(H,24,27). The number of piperazine rings is 1. The lowest BCUT2D eigenvalue weighted by Gasteiger charge is -2.36. The Morgan fingerprint density at radius 3 is 2.30 bits per heavy atom. The van der Waals surface area contributed by atoms with Gasteiger partial charge in [-0.05, 0) is 43.2 Å². The average molecular weight is 434 g/mol. The molecule has 1 saturated heterocycles. The highest BCUT2D eigenvalue weighted by Gasteiger charge is 2.32. The monoisotopic (exact) mass is 433 g/mol. The maximum atomic E-state index is 13.8. The Kier molecular flexibility index (Phi) is 7.23. The van der Waals surface area contributed by atoms with Crippen molar-refractivity contribution in [2.75, 3.05) is 31.5 Å². The lowest BCUT2D eigenvalue weighted by atomic mass is 10.1. The van der Waals surface area contributed by atoms with E-state index in [-0.39, 0.29) is 11.6 Å². The molecule has 1 aliphatic heterocycles. The second-order valence-electron chi connectivity index (χ2n) is 7.48. The first-order valence-electron chi connectivity index (χ1n) is 10.2. The number of nitrogens with zero attached hydrogens (tertiary/aromatic N) is 2. The van der Waals surface area contributed by atoms with E-state index < -0.39 is 21.9 Å². The minimum atomic E-state index is -3.56. The predicted molar refractivity (Wildman–Crippen MR) is 115 cm³/mol. The van der Waals surface area contributed by atoms with Gasteiger partial charge in [0.2, 0.25) is 15.9 Å². The van der Waals surface area contributed by atoms with E-state index in [0.29, 0.717) is 31.1 Å². The normalized spacial score (nSPS) is 16.9. The fourth-order valence-corrected chi connectivity index (χ4v) is 4.98. The van der Waals surface area contributed by atoms with Gasteiger partial charge in [0, 0.05) is 26.2 Å². The van der Waals surface area contributed by atoms with E-state index in [1.54, 1.807) is 31.2 Å². The summed E-state index contributed by atoms with van der Waals surface area (Å²) in [7, 11) is -3.56. The number of sulfonamides is 1. The number of carbonyl (C=O) groups excluding carboxylic acids is 1. The Morgan fingerprint density at radius 2 is 1.70 bits per heavy atom. The van der Waals surface area contributed by atoms with Crippen LogP contribution >= 0.6 is 0 Å². The highest BCUT2D eigenvalue weighted by atomic mass is 32.2. The maximum Gasteiger partial charge on any atom is 0.243 e. The van der Waals surface area contributed by atoms with Gasteiger partial charge < -0.3 is 5.32 Å². The third-order valence-electron chi connectivity index (χ3n) is 5.43. The first-order valence-corrected chi connectivity index (χ1v) is 11.7. The molecule has 6 nitrogen and oxygen atoms in total. The van der Waals surface area contributed by atoms with E-state index in [0.717, 1.165) is 18.4 Å². The lowest BCUT2D eigenvalue weighted by Crippen LogP contribution is -2.53. The van der Waals surface area contributed by atoms with Gasteiger partial charge in [0.25, 0.3) is 0 Å². The number of halogens is 1. The second-order valence-corrected chi connectivity index (χ2v) is 9.42. The minimum absolute atomic E-state index is 0.141. The molecule has 1 fully saturated rings. The number of aryl methyl sites for hydroxylation is 1. The summed E-state index contributed by atoms with van der Waals surface area (Å²) in [5.41, 5.74) is 1.26. The molecule has 30 heavy (non-hydrogen) atoms. The minimum Gasteiger partial charge on any atom is -0.322 e. The van der Waals surface area contributed by atoms with Gasteiger partial charge in [-0.25, -0.2) is 12.8 Å². The number of rotatable bonds is 7. The predicted octanol–water partition coefficient (Wildman–Crippen LogP) is 3.11. The molecule has 0 radical (unpaired) electrons. The van der Waals surface area contributed by atoms with Crippen molar-refractivity contribution in [1.82, 2.24) is 9.21 Å². The van der Waals surface area contributed by atoms with Gasteiger partial charge >= 0.3 is 0 Å². The summed E-state index contributed by atoms with van der Waals surface area (Å²) in [5, 5.41) is 2.60. The molecular weight excluding hydrogens is 405 g/mol. The fraction of sp³-hybridized carbons (Fsp3) is 0.409. The second kappa shape index (κ2) is 9.68. The highest BCUT2D eigenvalue weighted by Crippen LogP contribution is 2.20. The zero-order chi connectivity index (χ0) is 21.7. The number of carbonyl (C=O) groups is 1. The first kappa shape index (κ1) is 22.4. The topological polar surface area (TPSA) is 69.7 Å². The largest absolute Gasteiger partial charge is 0.322 e. The Morgan fingerprint density at radius 1 is 1.07 bits per heavy atom. The van der Waals surface area contributed by atoms with Crippen LogP contribution in [0.3, 0.4) is 0 Å². The molecule has 2 aromatic rings. The smallest absolute Gasteiger partial charge is 0.243 e. The molecule has 1 N–H and O–H groups in total. The van der Waals surface area contributed by atoms with Crippen molar-refractivity contribution in [2.24, 2.45) is 0 Å². The molecule has 1 atom stereocenters. The fourth-order valence-electron chi connectivity index (χ4n) is 3.56. The van der Waals surface area contributed by atoms with E-state index in [2.05, 4.69) is 12.2 Å². The lowest BCUT2D eigenvalue weighted by molar-refractivity contribution is -0.121. The van der Waals surface area contributed by atoms with Crippen LogP contribution in [0.5, 0.6) is 0 Å². The van der Waals surface area contributed by atoms with Crippen LogP contribution in [0.2, 0.25) is 0 Å². The van der Waals surface area contributed by atoms with E-state index in [1.807, 2.05) is 17.0 Å².